The fourth-order valence-corrected chi connectivity index (χ4v) is 2.79. The maximum Gasteiger partial charge on any atom is 0.175 e. The third-order valence-corrected chi connectivity index (χ3v) is 4.35. The van der Waals surface area contributed by atoms with E-state index in [1.807, 2.05) is 19.2 Å². The number of ether oxygens (including phenoxy) is 1. The number of hydrogen-bond acceptors (Lipinski definition) is 5. The standard InChI is InChI=1S/C15H18N2O3S/c1-16-14(15-13(20-2)5-4-10-17-15)11-6-8-12(9-7-11)21(3,18)19/h4-10,14,16H,1-3H3. The molecule has 2 aromatic rings. The van der Waals surface area contributed by atoms with E-state index in [4.69, 9.17) is 4.74 Å². The van der Waals surface area contributed by atoms with Gasteiger partial charge >= 0.3 is 0 Å². The number of hydrogen-bond donors (Lipinski definition) is 1. The van der Waals surface area contributed by atoms with E-state index in [2.05, 4.69) is 10.3 Å². The summed E-state index contributed by atoms with van der Waals surface area (Å²) in [7, 11) is 0.230. The van der Waals surface area contributed by atoms with Crippen molar-refractivity contribution >= 4 is 9.84 Å². The second-order valence-corrected chi connectivity index (χ2v) is 6.67. The van der Waals surface area contributed by atoms with Crippen molar-refractivity contribution in [1.29, 1.82) is 0 Å². The van der Waals surface area contributed by atoms with E-state index in [1.54, 1.807) is 37.6 Å². The van der Waals surface area contributed by atoms with Crippen LogP contribution in [0.25, 0.3) is 0 Å². The molecule has 112 valence electrons. The molecule has 0 aliphatic carbocycles. The number of nitrogens with zero attached hydrogens (tertiary/aromatic N) is 1. The Labute approximate surface area is 124 Å². The molecular weight excluding hydrogens is 288 g/mol. The van der Waals surface area contributed by atoms with Gasteiger partial charge in [-0.3, -0.25) is 4.98 Å². The summed E-state index contributed by atoms with van der Waals surface area (Å²) in [5.41, 5.74) is 1.68. The largest absolute Gasteiger partial charge is 0.495 e. The Morgan fingerprint density at radius 2 is 1.86 bits per heavy atom. The molecule has 0 radical (unpaired) electrons. The topological polar surface area (TPSA) is 68.3 Å². The van der Waals surface area contributed by atoms with Crippen LogP contribution >= 0.6 is 0 Å². The molecular formula is C15H18N2O3S. The molecule has 0 amide bonds. The van der Waals surface area contributed by atoms with Crippen molar-refractivity contribution in [3.8, 4) is 5.75 Å². The second kappa shape index (κ2) is 6.24. The highest BCUT2D eigenvalue weighted by atomic mass is 32.2. The minimum Gasteiger partial charge on any atom is -0.495 e. The maximum atomic E-state index is 11.5. The molecule has 0 spiro atoms. The Balaban J connectivity index is 2.42. The Kier molecular flexibility index (Phi) is 4.59. The lowest BCUT2D eigenvalue weighted by molar-refractivity contribution is 0.401. The third-order valence-electron chi connectivity index (χ3n) is 3.22. The van der Waals surface area contributed by atoms with E-state index in [0.29, 0.717) is 10.6 Å². The van der Waals surface area contributed by atoms with Crippen LogP contribution in [0.15, 0.2) is 47.5 Å². The van der Waals surface area contributed by atoms with Gasteiger partial charge in [0.1, 0.15) is 11.4 Å². The van der Waals surface area contributed by atoms with Gasteiger partial charge in [0.25, 0.3) is 0 Å². The van der Waals surface area contributed by atoms with Crippen LogP contribution in [0, 0.1) is 0 Å². The summed E-state index contributed by atoms with van der Waals surface area (Å²) < 4.78 is 28.3. The first-order chi connectivity index (χ1) is 9.97. The Bertz CT molecular complexity index is 712. The van der Waals surface area contributed by atoms with Gasteiger partial charge in [-0.2, -0.15) is 0 Å². The molecule has 1 N–H and O–H groups in total. The number of benzene rings is 1. The van der Waals surface area contributed by atoms with Gasteiger partial charge in [-0.15, -0.1) is 0 Å². The molecule has 0 aliphatic rings. The molecule has 0 aliphatic heterocycles. The number of rotatable bonds is 5. The van der Waals surface area contributed by atoms with Crippen molar-refractivity contribution in [2.45, 2.75) is 10.9 Å². The van der Waals surface area contributed by atoms with Gasteiger partial charge in [-0.05, 0) is 36.9 Å². The molecule has 1 heterocycles. The van der Waals surface area contributed by atoms with Gasteiger partial charge in [0, 0.05) is 12.5 Å². The molecule has 1 aromatic carbocycles. The molecule has 5 nitrogen and oxygen atoms in total. The summed E-state index contributed by atoms with van der Waals surface area (Å²) >= 11 is 0. The van der Waals surface area contributed by atoms with Gasteiger partial charge in [-0.25, -0.2) is 8.42 Å². The molecule has 1 atom stereocenters. The van der Waals surface area contributed by atoms with E-state index in [0.717, 1.165) is 11.3 Å². The molecule has 0 saturated carbocycles. The van der Waals surface area contributed by atoms with Gasteiger partial charge < -0.3 is 10.1 Å². The molecule has 6 heteroatoms. The smallest absolute Gasteiger partial charge is 0.175 e. The zero-order valence-corrected chi connectivity index (χ0v) is 13.0. The van der Waals surface area contributed by atoms with Gasteiger partial charge in [0.05, 0.1) is 18.0 Å². The molecule has 21 heavy (non-hydrogen) atoms. The summed E-state index contributed by atoms with van der Waals surface area (Å²) in [6.45, 7) is 0. The van der Waals surface area contributed by atoms with E-state index >= 15 is 0 Å². The fraction of sp³-hybridized carbons (Fsp3) is 0.267. The average Bonchev–Trinajstić information content (AvgIpc) is 2.48. The van der Waals surface area contributed by atoms with Crippen molar-refractivity contribution in [1.82, 2.24) is 10.3 Å². The molecule has 1 aromatic heterocycles. The Morgan fingerprint density at radius 3 is 2.38 bits per heavy atom. The first-order valence-corrected chi connectivity index (χ1v) is 8.32. The molecule has 0 fully saturated rings. The highest BCUT2D eigenvalue weighted by Gasteiger charge is 2.18. The number of sulfone groups is 1. The van der Waals surface area contributed by atoms with Crippen molar-refractivity contribution in [3.63, 3.8) is 0 Å². The predicted octanol–water partition coefficient (Wildman–Crippen LogP) is 1.80. The lowest BCUT2D eigenvalue weighted by Gasteiger charge is -2.18. The minimum absolute atomic E-state index is 0.172. The Hall–Kier alpha value is -1.92. The molecule has 1 unspecified atom stereocenters. The van der Waals surface area contributed by atoms with Crippen LogP contribution in [0.3, 0.4) is 0 Å². The number of nitrogens with one attached hydrogen (secondary N) is 1. The van der Waals surface area contributed by atoms with Crippen LogP contribution in [0.5, 0.6) is 5.75 Å². The highest BCUT2D eigenvalue weighted by Crippen LogP contribution is 2.28. The van der Waals surface area contributed by atoms with Crippen LogP contribution in [-0.4, -0.2) is 33.8 Å². The van der Waals surface area contributed by atoms with Crippen molar-refractivity contribution in [2.75, 3.05) is 20.4 Å². The van der Waals surface area contributed by atoms with Crippen LogP contribution in [-0.2, 0) is 9.84 Å². The number of aromatic nitrogens is 1. The Morgan fingerprint density at radius 1 is 1.19 bits per heavy atom. The summed E-state index contributed by atoms with van der Waals surface area (Å²) in [6.07, 6.45) is 2.90. The molecule has 0 bridgehead atoms. The van der Waals surface area contributed by atoms with E-state index in [9.17, 15) is 8.42 Å². The second-order valence-electron chi connectivity index (χ2n) is 4.65. The lowest BCUT2D eigenvalue weighted by Crippen LogP contribution is -2.19. The van der Waals surface area contributed by atoms with Crippen LogP contribution in [0.1, 0.15) is 17.3 Å². The number of pyridine rings is 1. The van der Waals surface area contributed by atoms with E-state index < -0.39 is 9.84 Å². The third kappa shape index (κ3) is 3.40. The van der Waals surface area contributed by atoms with E-state index in [1.165, 1.54) is 6.26 Å². The molecule has 0 saturated heterocycles. The van der Waals surface area contributed by atoms with Gasteiger partial charge in [-0.1, -0.05) is 12.1 Å². The maximum absolute atomic E-state index is 11.5. The van der Waals surface area contributed by atoms with Crippen molar-refractivity contribution in [3.05, 3.63) is 53.9 Å². The summed E-state index contributed by atoms with van der Waals surface area (Å²) in [5.74, 6) is 0.684. The number of methoxy groups -OCH3 is 1. The summed E-state index contributed by atoms with van der Waals surface area (Å²) in [5, 5.41) is 3.18. The average molecular weight is 306 g/mol. The van der Waals surface area contributed by atoms with Crippen LogP contribution in [0.4, 0.5) is 0 Å². The summed E-state index contributed by atoms with van der Waals surface area (Å²) in [4.78, 5) is 4.66. The van der Waals surface area contributed by atoms with Gasteiger partial charge in [0.15, 0.2) is 9.84 Å². The first-order valence-electron chi connectivity index (χ1n) is 6.43. The monoisotopic (exact) mass is 306 g/mol. The van der Waals surface area contributed by atoms with Crippen molar-refractivity contribution in [2.24, 2.45) is 0 Å². The van der Waals surface area contributed by atoms with Gasteiger partial charge in [0.2, 0.25) is 0 Å². The van der Waals surface area contributed by atoms with Crippen molar-refractivity contribution < 1.29 is 13.2 Å². The van der Waals surface area contributed by atoms with Crippen LogP contribution in [0.2, 0.25) is 0 Å². The zero-order valence-electron chi connectivity index (χ0n) is 12.2. The summed E-state index contributed by atoms with van der Waals surface area (Å²) in [6, 6.07) is 10.3. The zero-order chi connectivity index (χ0) is 15.5. The highest BCUT2D eigenvalue weighted by molar-refractivity contribution is 7.90. The quantitative estimate of drug-likeness (QED) is 0.912. The minimum atomic E-state index is -3.19. The van der Waals surface area contributed by atoms with Crippen LogP contribution < -0.4 is 10.1 Å². The normalized spacial score (nSPS) is 12.9. The first kappa shape index (κ1) is 15.5. The van der Waals surface area contributed by atoms with E-state index in [-0.39, 0.29) is 6.04 Å². The molecule has 2 rings (SSSR count). The fourth-order valence-electron chi connectivity index (χ4n) is 2.16. The SMILES string of the molecule is CNC(c1ccc(S(C)(=O)=O)cc1)c1ncccc1OC. The lowest BCUT2D eigenvalue weighted by atomic mass is 10.0. The predicted molar refractivity (Wildman–Crippen MR) is 81.2 cm³/mol.